The predicted molar refractivity (Wildman–Crippen MR) is 149 cm³/mol. The summed E-state index contributed by atoms with van der Waals surface area (Å²) in [7, 11) is -6.25. The molecular formula is C31H26O2P2. The first-order chi connectivity index (χ1) is 17.1. The Labute approximate surface area is 207 Å². The van der Waals surface area contributed by atoms with Crippen LogP contribution in [0.2, 0.25) is 0 Å². The minimum Gasteiger partial charge on any atom is -0.313 e. The molecule has 0 aliphatic carbocycles. The van der Waals surface area contributed by atoms with Crippen LogP contribution < -0.4 is 26.5 Å². The van der Waals surface area contributed by atoms with E-state index in [0.29, 0.717) is 6.16 Å². The summed E-state index contributed by atoms with van der Waals surface area (Å²) >= 11 is 0. The van der Waals surface area contributed by atoms with E-state index in [1.54, 1.807) is 0 Å². The molecule has 0 unspecified atom stereocenters. The summed E-state index contributed by atoms with van der Waals surface area (Å²) in [6.07, 6.45) is 0.293. The molecule has 0 aromatic heterocycles. The van der Waals surface area contributed by atoms with Crippen molar-refractivity contribution in [1.29, 1.82) is 0 Å². The van der Waals surface area contributed by atoms with E-state index < -0.39 is 14.3 Å². The molecule has 0 heterocycles. The second-order valence-electron chi connectivity index (χ2n) is 8.48. The normalized spacial score (nSPS) is 11.8. The van der Waals surface area contributed by atoms with Gasteiger partial charge in [0.15, 0.2) is 7.14 Å². The Balaban J connectivity index is 1.72. The minimum atomic E-state index is -3.20. The fraction of sp³-hybridized carbons (Fsp3) is 0.0323. The van der Waals surface area contributed by atoms with Crippen LogP contribution in [0.5, 0.6) is 0 Å². The zero-order valence-corrected chi connectivity index (χ0v) is 21.1. The van der Waals surface area contributed by atoms with Gasteiger partial charge in [-0.15, -0.1) is 0 Å². The molecule has 2 nitrogen and oxygen atoms in total. The average molecular weight is 492 g/mol. The van der Waals surface area contributed by atoms with Crippen molar-refractivity contribution in [3.63, 3.8) is 0 Å². The first-order valence-electron chi connectivity index (χ1n) is 11.6. The van der Waals surface area contributed by atoms with Gasteiger partial charge in [0.05, 0.1) is 0 Å². The lowest BCUT2D eigenvalue weighted by atomic mass is 10.2. The molecule has 0 radical (unpaired) electrons. The topological polar surface area (TPSA) is 34.1 Å². The first kappa shape index (κ1) is 23.3. The molecule has 0 atom stereocenters. The molecule has 5 aromatic rings. The molecule has 0 amide bonds. The predicted octanol–water partition coefficient (Wildman–Crippen LogP) is 5.84. The maximum atomic E-state index is 15.1. The van der Waals surface area contributed by atoms with Crippen molar-refractivity contribution in [3.05, 3.63) is 151 Å². The largest absolute Gasteiger partial charge is 0.313 e. The molecule has 35 heavy (non-hydrogen) atoms. The van der Waals surface area contributed by atoms with Gasteiger partial charge in [-0.2, -0.15) is 0 Å². The van der Waals surface area contributed by atoms with Crippen LogP contribution >= 0.6 is 14.3 Å². The smallest absolute Gasteiger partial charge is 0.171 e. The highest BCUT2D eigenvalue weighted by Gasteiger charge is 2.35. The SMILES string of the molecule is O=P(Cc1ccccc1P(=O)(c1ccccc1)c1ccccc1)(c1ccccc1)c1ccccc1. The second kappa shape index (κ2) is 10.0. The molecule has 0 spiro atoms. The van der Waals surface area contributed by atoms with Gasteiger partial charge in [-0.3, -0.25) is 0 Å². The first-order valence-corrected chi connectivity index (χ1v) is 15.2. The molecule has 0 aliphatic heterocycles. The molecular weight excluding hydrogens is 466 g/mol. The number of hydrogen-bond acceptors (Lipinski definition) is 2. The Hall–Kier alpha value is -3.44. The van der Waals surface area contributed by atoms with Gasteiger partial charge in [-0.05, 0) is 5.56 Å². The molecule has 0 bridgehead atoms. The summed E-state index contributed by atoms with van der Waals surface area (Å²) in [4.78, 5) is 0. The molecule has 0 fully saturated rings. The molecule has 4 heteroatoms. The van der Waals surface area contributed by atoms with Crippen LogP contribution in [0, 0.1) is 0 Å². The van der Waals surface area contributed by atoms with Crippen molar-refractivity contribution >= 4 is 40.8 Å². The standard InChI is InChI=1S/C31H26O2P2/c32-34(27-16-5-1-6-17-27,28-18-7-2-8-19-28)25-26-15-13-14-24-31(26)35(33,29-20-9-3-10-21-29)30-22-11-4-12-23-30/h1-24H,25H2. The summed E-state index contributed by atoms with van der Waals surface area (Å²) in [6, 6.07) is 46.4. The third kappa shape index (κ3) is 4.48. The monoisotopic (exact) mass is 492 g/mol. The maximum absolute atomic E-state index is 15.1. The van der Waals surface area contributed by atoms with E-state index in [2.05, 4.69) is 0 Å². The minimum absolute atomic E-state index is 0.293. The highest BCUT2D eigenvalue weighted by Crippen LogP contribution is 2.50. The van der Waals surface area contributed by atoms with E-state index in [9.17, 15) is 4.57 Å². The van der Waals surface area contributed by atoms with Gasteiger partial charge in [-0.1, -0.05) is 146 Å². The Bertz CT molecular complexity index is 1410. The Kier molecular flexibility index (Phi) is 6.69. The number of benzene rings is 5. The van der Waals surface area contributed by atoms with Crippen LogP contribution in [0.15, 0.2) is 146 Å². The lowest BCUT2D eigenvalue weighted by Crippen LogP contribution is -2.28. The molecule has 5 aromatic carbocycles. The van der Waals surface area contributed by atoms with E-state index in [-0.39, 0.29) is 0 Å². The van der Waals surface area contributed by atoms with Crippen molar-refractivity contribution in [1.82, 2.24) is 0 Å². The van der Waals surface area contributed by atoms with Crippen LogP contribution in [0.25, 0.3) is 0 Å². The maximum Gasteiger partial charge on any atom is 0.171 e. The molecule has 172 valence electrons. The van der Waals surface area contributed by atoms with Gasteiger partial charge in [-0.25, -0.2) is 0 Å². The summed E-state index contributed by atoms with van der Waals surface area (Å²) < 4.78 is 30.0. The van der Waals surface area contributed by atoms with Crippen LogP contribution in [0.1, 0.15) is 5.56 Å². The van der Waals surface area contributed by atoms with E-state index in [1.807, 2.05) is 146 Å². The van der Waals surface area contributed by atoms with Crippen molar-refractivity contribution in [3.8, 4) is 0 Å². The Morgan fingerprint density at radius 2 is 0.743 bits per heavy atom. The quantitative estimate of drug-likeness (QED) is 0.268. The highest BCUT2D eigenvalue weighted by atomic mass is 31.2. The van der Waals surface area contributed by atoms with Crippen LogP contribution in [-0.2, 0) is 15.3 Å². The third-order valence-electron chi connectivity index (χ3n) is 6.31. The van der Waals surface area contributed by atoms with Crippen molar-refractivity contribution in [2.45, 2.75) is 6.16 Å². The van der Waals surface area contributed by atoms with Crippen molar-refractivity contribution < 1.29 is 9.13 Å². The van der Waals surface area contributed by atoms with Gasteiger partial charge in [0.2, 0.25) is 0 Å². The average Bonchev–Trinajstić information content (AvgIpc) is 2.95. The lowest BCUT2D eigenvalue weighted by molar-refractivity contribution is 0.586. The van der Waals surface area contributed by atoms with Gasteiger partial charge >= 0.3 is 0 Å². The Morgan fingerprint density at radius 1 is 0.400 bits per heavy atom. The molecule has 0 N–H and O–H groups in total. The number of hydrogen-bond donors (Lipinski definition) is 0. The summed E-state index contributed by atoms with van der Waals surface area (Å²) in [5.41, 5.74) is 0.847. The molecule has 5 rings (SSSR count). The zero-order valence-electron chi connectivity index (χ0n) is 19.3. The van der Waals surface area contributed by atoms with Crippen LogP contribution in [0.4, 0.5) is 0 Å². The lowest BCUT2D eigenvalue weighted by Gasteiger charge is -2.25. The van der Waals surface area contributed by atoms with E-state index in [4.69, 9.17) is 0 Å². The molecule has 0 aliphatic rings. The fourth-order valence-electron chi connectivity index (χ4n) is 4.56. The summed E-state index contributed by atoms with van der Waals surface area (Å²) in [5.74, 6) is 0. The van der Waals surface area contributed by atoms with Gasteiger partial charge in [0.1, 0.15) is 7.14 Å². The highest BCUT2D eigenvalue weighted by molar-refractivity contribution is 7.85. The van der Waals surface area contributed by atoms with Gasteiger partial charge in [0, 0.05) is 32.7 Å². The van der Waals surface area contributed by atoms with Crippen LogP contribution in [-0.4, -0.2) is 0 Å². The van der Waals surface area contributed by atoms with Gasteiger partial charge in [0.25, 0.3) is 0 Å². The van der Waals surface area contributed by atoms with Crippen molar-refractivity contribution in [2.24, 2.45) is 0 Å². The third-order valence-corrected chi connectivity index (χ3v) is 12.5. The summed E-state index contributed by atoms with van der Waals surface area (Å²) in [5, 5.41) is 3.89. The second-order valence-corrected chi connectivity index (χ2v) is 14.0. The van der Waals surface area contributed by atoms with E-state index in [1.165, 1.54) is 0 Å². The Morgan fingerprint density at radius 3 is 1.17 bits per heavy atom. The van der Waals surface area contributed by atoms with Gasteiger partial charge < -0.3 is 9.13 Å². The van der Waals surface area contributed by atoms with Crippen molar-refractivity contribution in [2.75, 3.05) is 0 Å². The zero-order chi connectivity index (χ0) is 24.1. The number of rotatable bonds is 7. The van der Waals surface area contributed by atoms with Crippen LogP contribution in [0.3, 0.4) is 0 Å². The van der Waals surface area contributed by atoms with E-state index >= 15 is 4.57 Å². The van der Waals surface area contributed by atoms with E-state index in [0.717, 1.165) is 32.1 Å². The molecule has 0 saturated heterocycles. The summed E-state index contributed by atoms with van der Waals surface area (Å²) in [6.45, 7) is 0. The molecule has 0 saturated carbocycles. The fourth-order valence-corrected chi connectivity index (χ4v) is 10.3.